The third-order valence-corrected chi connectivity index (χ3v) is 5.87. The third kappa shape index (κ3) is 4.42. The second kappa shape index (κ2) is 9.67. The molecule has 0 aliphatic heterocycles. The number of aliphatic hydroxyl groups is 1. The van der Waals surface area contributed by atoms with E-state index in [9.17, 15) is 5.11 Å². The molecule has 3 nitrogen and oxygen atoms in total. The highest BCUT2D eigenvalue weighted by atomic mass is 16.3. The molecule has 2 aliphatic carbocycles. The number of rotatable bonds is 6. The van der Waals surface area contributed by atoms with Gasteiger partial charge in [-0.25, -0.2) is 0 Å². The summed E-state index contributed by atoms with van der Waals surface area (Å²) in [7, 11) is 1.85. The molecule has 1 aromatic heterocycles. The summed E-state index contributed by atoms with van der Waals surface area (Å²) in [6, 6.07) is 10.6. The zero-order valence-corrected chi connectivity index (χ0v) is 18.3. The van der Waals surface area contributed by atoms with Gasteiger partial charge in [-0.3, -0.25) is 4.99 Å². The third-order valence-electron chi connectivity index (χ3n) is 5.87. The number of fused-ring (bicyclic) bond motifs is 1. The number of benzene rings is 1. The molecule has 31 heavy (non-hydrogen) atoms. The summed E-state index contributed by atoms with van der Waals surface area (Å²) in [4.78, 5) is 4.52. The molecule has 0 unspecified atom stereocenters. The zero-order chi connectivity index (χ0) is 21.6. The Hall–Kier alpha value is -3.30. The van der Waals surface area contributed by atoms with Gasteiger partial charge in [0.15, 0.2) is 12.7 Å². The van der Waals surface area contributed by atoms with E-state index in [1.807, 2.05) is 13.1 Å². The van der Waals surface area contributed by atoms with Gasteiger partial charge in [0.1, 0.15) is 0 Å². The number of allylic oxidation sites excluding steroid dienone is 11. The number of hydrogen-bond acceptors (Lipinski definition) is 2. The summed E-state index contributed by atoms with van der Waals surface area (Å²) in [5, 5.41) is 11.8. The Bertz CT molecular complexity index is 1200. The van der Waals surface area contributed by atoms with Gasteiger partial charge in [0.25, 0.3) is 0 Å². The van der Waals surface area contributed by atoms with Crippen LogP contribution in [-0.4, -0.2) is 24.5 Å². The van der Waals surface area contributed by atoms with Crippen molar-refractivity contribution in [1.82, 2.24) is 0 Å². The predicted octanol–water partition coefficient (Wildman–Crippen LogP) is 5.29. The highest BCUT2D eigenvalue weighted by Gasteiger charge is 2.18. The fraction of sp³-hybridized carbons (Fsp3) is 0.214. The van der Waals surface area contributed by atoms with Crippen LogP contribution in [0.1, 0.15) is 25.5 Å². The van der Waals surface area contributed by atoms with Crippen molar-refractivity contribution in [1.29, 1.82) is 0 Å². The Kier molecular flexibility index (Phi) is 6.54. The fourth-order valence-electron chi connectivity index (χ4n) is 4.25. The topological polar surface area (TPSA) is 36.5 Å². The monoisotopic (exact) mass is 409 g/mol. The summed E-state index contributed by atoms with van der Waals surface area (Å²) in [5.74, 6) is 0. The van der Waals surface area contributed by atoms with Crippen LogP contribution in [0.2, 0.25) is 0 Å². The van der Waals surface area contributed by atoms with Gasteiger partial charge in [0.2, 0.25) is 5.69 Å². The number of aromatic nitrogens is 1. The smallest absolute Gasteiger partial charge is 0.213 e. The van der Waals surface area contributed by atoms with Crippen LogP contribution in [0.5, 0.6) is 0 Å². The highest BCUT2D eigenvalue weighted by Crippen LogP contribution is 2.31. The Balaban J connectivity index is 1.88. The van der Waals surface area contributed by atoms with Crippen molar-refractivity contribution >= 4 is 22.6 Å². The van der Waals surface area contributed by atoms with Crippen molar-refractivity contribution in [3.8, 4) is 0 Å². The van der Waals surface area contributed by atoms with Crippen LogP contribution in [0, 0.1) is 0 Å². The lowest BCUT2D eigenvalue weighted by molar-refractivity contribution is -0.697. The second-order valence-corrected chi connectivity index (χ2v) is 7.81. The van der Waals surface area contributed by atoms with Crippen LogP contribution < -0.4 is 4.57 Å². The maximum atomic E-state index is 9.37. The molecule has 0 bridgehead atoms. The maximum absolute atomic E-state index is 9.37. The first kappa shape index (κ1) is 21.0. The normalized spacial score (nSPS) is 18.9. The van der Waals surface area contributed by atoms with Crippen LogP contribution in [0.15, 0.2) is 106 Å². The summed E-state index contributed by atoms with van der Waals surface area (Å²) in [5.41, 5.74) is 7.16. The van der Waals surface area contributed by atoms with Gasteiger partial charge < -0.3 is 5.11 Å². The molecule has 156 valence electrons. The van der Waals surface area contributed by atoms with Gasteiger partial charge in [-0.15, -0.1) is 0 Å². The van der Waals surface area contributed by atoms with Crippen LogP contribution in [0.4, 0.5) is 0 Å². The van der Waals surface area contributed by atoms with E-state index in [2.05, 4.69) is 95.5 Å². The lowest BCUT2D eigenvalue weighted by Gasteiger charge is -2.14. The van der Waals surface area contributed by atoms with Gasteiger partial charge in [0, 0.05) is 37.8 Å². The molecular weight excluding hydrogens is 380 g/mol. The Labute approximate surface area is 184 Å². The summed E-state index contributed by atoms with van der Waals surface area (Å²) >= 11 is 0. The first-order valence-electron chi connectivity index (χ1n) is 10.9. The molecule has 2 aromatic rings. The Morgan fingerprint density at radius 3 is 2.74 bits per heavy atom. The molecule has 0 radical (unpaired) electrons. The molecule has 4 rings (SSSR count). The quantitative estimate of drug-likeness (QED) is 0.647. The molecule has 2 aliphatic rings. The van der Waals surface area contributed by atoms with Crippen molar-refractivity contribution in [2.45, 2.75) is 26.3 Å². The molecule has 1 aromatic carbocycles. The molecule has 3 heteroatoms. The van der Waals surface area contributed by atoms with E-state index >= 15 is 0 Å². The van der Waals surface area contributed by atoms with E-state index < -0.39 is 0 Å². The number of aliphatic imine (C=N–C) groups is 1. The van der Waals surface area contributed by atoms with Crippen LogP contribution >= 0.6 is 0 Å². The maximum Gasteiger partial charge on any atom is 0.213 e. The van der Waals surface area contributed by atoms with E-state index in [1.54, 1.807) is 0 Å². The highest BCUT2D eigenvalue weighted by molar-refractivity contribution is 6.13. The molecule has 0 atom stereocenters. The summed E-state index contributed by atoms with van der Waals surface area (Å²) < 4.78 is 2.23. The van der Waals surface area contributed by atoms with Crippen LogP contribution in [-0.2, 0) is 6.54 Å². The minimum Gasteiger partial charge on any atom is -0.396 e. The van der Waals surface area contributed by atoms with Gasteiger partial charge in [-0.2, -0.15) is 4.57 Å². The van der Waals surface area contributed by atoms with Crippen molar-refractivity contribution in [2.24, 2.45) is 4.99 Å². The molecule has 0 fully saturated rings. The summed E-state index contributed by atoms with van der Waals surface area (Å²) in [6.07, 6.45) is 21.0. The Morgan fingerprint density at radius 2 is 1.97 bits per heavy atom. The minimum atomic E-state index is 0.184. The van der Waals surface area contributed by atoms with Gasteiger partial charge in [-0.1, -0.05) is 48.6 Å². The second-order valence-electron chi connectivity index (χ2n) is 7.81. The van der Waals surface area contributed by atoms with Crippen molar-refractivity contribution in [3.63, 3.8) is 0 Å². The SMILES string of the molecule is C\N=C1/C=CC=C/C1=C(\C=C\c1c2ccccc2cc[n+]1CCCO)C1=C(C)C=CC1. The number of aryl methyl sites for hydroxylation is 1. The average Bonchev–Trinajstić information content (AvgIpc) is 3.24. The lowest BCUT2D eigenvalue weighted by Crippen LogP contribution is -2.37. The van der Waals surface area contributed by atoms with Crippen LogP contribution in [0.3, 0.4) is 0 Å². The summed E-state index contributed by atoms with van der Waals surface area (Å²) in [6.45, 7) is 3.14. The number of nitrogens with zero attached hydrogens (tertiary/aromatic N) is 2. The predicted molar refractivity (Wildman–Crippen MR) is 130 cm³/mol. The molecule has 0 amide bonds. The van der Waals surface area contributed by atoms with E-state index in [0.717, 1.165) is 36.4 Å². The fourth-order valence-corrected chi connectivity index (χ4v) is 4.25. The molecule has 1 N–H and O–H groups in total. The molecule has 1 heterocycles. The van der Waals surface area contributed by atoms with E-state index in [0.29, 0.717) is 0 Å². The first-order valence-corrected chi connectivity index (χ1v) is 10.9. The van der Waals surface area contributed by atoms with E-state index in [-0.39, 0.29) is 6.61 Å². The number of aliphatic hydroxyl groups excluding tert-OH is 1. The molecule has 0 saturated heterocycles. The standard InChI is InChI=1S/C28H29N2O/c1-21-9-7-13-23(21)25(26-12-5-6-14-27(26)29-2)15-16-28-24-11-4-3-10-22(24)17-19-30(28)18-8-20-31/h3-7,9-12,14-17,19,31H,8,13,18,20H2,1-2H3/q+1/b16-15+,26-25-,29-27+. The first-order chi connectivity index (χ1) is 15.2. The number of pyridine rings is 1. The largest absolute Gasteiger partial charge is 0.396 e. The van der Waals surface area contributed by atoms with Crippen molar-refractivity contribution in [3.05, 3.63) is 107 Å². The Morgan fingerprint density at radius 1 is 1.13 bits per heavy atom. The molecular formula is C28H29N2O+. The zero-order valence-electron chi connectivity index (χ0n) is 18.3. The van der Waals surface area contributed by atoms with E-state index in [1.165, 1.54) is 27.5 Å². The van der Waals surface area contributed by atoms with Crippen LogP contribution in [0.25, 0.3) is 16.8 Å². The van der Waals surface area contributed by atoms with Crippen molar-refractivity contribution in [2.75, 3.05) is 13.7 Å². The molecule has 0 spiro atoms. The van der Waals surface area contributed by atoms with Gasteiger partial charge >= 0.3 is 0 Å². The van der Waals surface area contributed by atoms with Gasteiger partial charge in [-0.05, 0) is 53.7 Å². The lowest BCUT2D eigenvalue weighted by atomic mass is 9.91. The molecule has 0 saturated carbocycles. The average molecular weight is 410 g/mol. The van der Waals surface area contributed by atoms with Gasteiger partial charge in [0.05, 0.1) is 11.1 Å². The van der Waals surface area contributed by atoms with E-state index in [4.69, 9.17) is 0 Å². The van der Waals surface area contributed by atoms with Crippen molar-refractivity contribution < 1.29 is 9.67 Å². The number of hydrogen-bond donors (Lipinski definition) is 1. The minimum absolute atomic E-state index is 0.184.